The van der Waals surface area contributed by atoms with Crippen molar-refractivity contribution in [2.24, 2.45) is 5.92 Å². The number of piperidine rings is 1. The first-order valence-corrected chi connectivity index (χ1v) is 8.63. The fourth-order valence-corrected chi connectivity index (χ4v) is 3.16. The van der Waals surface area contributed by atoms with Crippen molar-refractivity contribution in [2.75, 3.05) is 13.1 Å². The van der Waals surface area contributed by atoms with Crippen LogP contribution >= 0.6 is 0 Å². The van der Waals surface area contributed by atoms with Crippen molar-refractivity contribution in [2.45, 2.75) is 33.3 Å². The lowest BCUT2D eigenvalue weighted by molar-refractivity contribution is -0.143. The molecule has 7 nitrogen and oxygen atoms in total. The molecule has 0 radical (unpaired) electrons. The highest BCUT2D eigenvalue weighted by atomic mass is 16.5. The smallest absolute Gasteiger partial charge is 0.308 e. The van der Waals surface area contributed by atoms with Gasteiger partial charge in [-0.05, 0) is 38.8 Å². The number of hydrogen-bond donors (Lipinski definition) is 1. The molecule has 1 aliphatic rings. The van der Waals surface area contributed by atoms with Gasteiger partial charge in [-0.15, -0.1) is 0 Å². The number of nitrogens with zero attached hydrogens (tertiary/aromatic N) is 2. The average Bonchev–Trinajstić information content (AvgIpc) is 2.97. The van der Waals surface area contributed by atoms with Gasteiger partial charge < -0.3 is 19.3 Å². The van der Waals surface area contributed by atoms with E-state index in [4.69, 9.17) is 9.26 Å². The molecule has 0 aliphatic carbocycles. The number of carbonyl (C=O) groups excluding carboxylic acids is 1. The number of likely N-dealkylation sites (tertiary alicyclic amines) is 1. The summed E-state index contributed by atoms with van der Waals surface area (Å²) < 4.78 is 11.0. The molecular formula is C19H22N2O5. The second kappa shape index (κ2) is 7.59. The normalized spacial score (nSPS) is 17.2. The summed E-state index contributed by atoms with van der Waals surface area (Å²) in [5.41, 5.74) is 2.05. The number of benzene rings is 1. The van der Waals surface area contributed by atoms with E-state index in [9.17, 15) is 14.7 Å². The molecule has 1 unspecified atom stereocenters. The predicted octanol–water partition coefficient (Wildman–Crippen LogP) is 2.81. The second-order valence-corrected chi connectivity index (χ2v) is 6.52. The Kier molecular flexibility index (Phi) is 5.25. The van der Waals surface area contributed by atoms with E-state index in [1.807, 2.05) is 13.8 Å². The zero-order chi connectivity index (χ0) is 18.7. The van der Waals surface area contributed by atoms with E-state index in [1.54, 1.807) is 29.2 Å². The van der Waals surface area contributed by atoms with Crippen LogP contribution in [0.25, 0.3) is 0 Å². The van der Waals surface area contributed by atoms with E-state index < -0.39 is 11.9 Å². The van der Waals surface area contributed by atoms with Gasteiger partial charge in [0.2, 0.25) is 0 Å². The number of carbonyl (C=O) groups is 2. The number of para-hydroxylation sites is 1. The predicted molar refractivity (Wildman–Crippen MR) is 93.0 cm³/mol. The highest BCUT2D eigenvalue weighted by Crippen LogP contribution is 2.25. The van der Waals surface area contributed by atoms with Gasteiger partial charge in [0.05, 0.1) is 22.7 Å². The summed E-state index contributed by atoms with van der Waals surface area (Å²) in [6.07, 6.45) is 1.29. The third kappa shape index (κ3) is 3.71. The van der Waals surface area contributed by atoms with Crippen molar-refractivity contribution in [3.8, 4) is 5.75 Å². The molecule has 3 rings (SSSR count). The zero-order valence-corrected chi connectivity index (χ0v) is 14.9. The molecule has 26 heavy (non-hydrogen) atoms. The highest BCUT2D eigenvalue weighted by molar-refractivity contribution is 5.97. The molecule has 7 heteroatoms. The van der Waals surface area contributed by atoms with Crippen molar-refractivity contribution >= 4 is 11.9 Å². The largest absolute Gasteiger partial charge is 0.488 e. The Morgan fingerprint density at radius 2 is 2.12 bits per heavy atom. The summed E-state index contributed by atoms with van der Waals surface area (Å²) in [7, 11) is 0. The molecular weight excluding hydrogens is 336 g/mol. The molecule has 1 saturated heterocycles. The summed E-state index contributed by atoms with van der Waals surface area (Å²) in [5.74, 6) is -0.416. The molecule has 138 valence electrons. The minimum atomic E-state index is -0.856. The molecule has 2 aromatic rings. The van der Waals surface area contributed by atoms with Crippen molar-refractivity contribution < 1.29 is 24.0 Å². The topological polar surface area (TPSA) is 92.9 Å². The highest BCUT2D eigenvalue weighted by Gasteiger charge is 2.29. The van der Waals surface area contributed by atoms with Gasteiger partial charge >= 0.3 is 5.97 Å². The summed E-state index contributed by atoms with van der Waals surface area (Å²) in [5, 5.41) is 13.1. The minimum Gasteiger partial charge on any atom is -0.488 e. The number of carboxylic acid groups (broad SMARTS) is 1. The van der Waals surface area contributed by atoms with E-state index in [2.05, 4.69) is 5.16 Å². The maximum absolute atomic E-state index is 12.9. The van der Waals surface area contributed by atoms with Crippen LogP contribution in [0, 0.1) is 19.8 Å². The Morgan fingerprint density at radius 1 is 1.35 bits per heavy atom. The summed E-state index contributed by atoms with van der Waals surface area (Å²) in [6, 6.07) is 7.02. The monoisotopic (exact) mass is 358 g/mol. The first-order chi connectivity index (χ1) is 12.5. The van der Waals surface area contributed by atoms with E-state index >= 15 is 0 Å². The number of carboxylic acids is 1. The zero-order valence-electron chi connectivity index (χ0n) is 14.9. The first kappa shape index (κ1) is 18.0. The molecule has 1 N–H and O–H groups in total. The number of hydrogen-bond acceptors (Lipinski definition) is 5. The SMILES string of the molecule is Cc1noc(C)c1COc1ccccc1C(=O)N1CCCC(C(=O)O)C1. The van der Waals surface area contributed by atoms with Crippen molar-refractivity contribution in [1.82, 2.24) is 10.1 Å². The van der Waals surface area contributed by atoms with Gasteiger partial charge in [0.25, 0.3) is 5.91 Å². The fourth-order valence-electron chi connectivity index (χ4n) is 3.16. The minimum absolute atomic E-state index is 0.203. The standard InChI is InChI=1S/C19H22N2O5/c1-12-16(13(2)26-20-12)11-25-17-8-4-3-7-15(17)18(22)21-9-5-6-14(10-21)19(23)24/h3-4,7-8,14H,5-6,9-11H2,1-2H3,(H,23,24). The molecule has 1 aromatic heterocycles. The van der Waals surface area contributed by atoms with Gasteiger partial charge in [-0.2, -0.15) is 0 Å². The first-order valence-electron chi connectivity index (χ1n) is 8.63. The van der Waals surface area contributed by atoms with Crippen LogP contribution in [-0.4, -0.2) is 40.1 Å². The van der Waals surface area contributed by atoms with E-state index in [0.29, 0.717) is 36.5 Å². The van der Waals surface area contributed by atoms with Crippen molar-refractivity contribution in [3.05, 3.63) is 46.8 Å². The fraction of sp³-hybridized carbons (Fsp3) is 0.421. The summed E-state index contributed by atoms with van der Waals surface area (Å²) >= 11 is 0. The van der Waals surface area contributed by atoms with Crippen LogP contribution in [0.1, 0.15) is 40.2 Å². The van der Waals surface area contributed by atoms with Crippen molar-refractivity contribution in [1.29, 1.82) is 0 Å². The van der Waals surface area contributed by atoms with Crippen LogP contribution in [0.15, 0.2) is 28.8 Å². The lowest BCUT2D eigenvalue weighted by Crippen LogP contribution is -2.42. The molecule has 1 atom stereocenters. The molecule has 0 spiro atoms. The van der Waals surface area contributed by atoms with Crippen LogP contribution in [0.2, 0.25) is 0 Å². The van der Waals surface area contributed by atoms with Crippen molar-refractivity contribution in [3.63, 3.8) is 0 Å². The quantitative estimate of drug-likeness (QED) is 0.883. The maximum Gasteiger partial charge on any atom is 0.308 e. The van der Waals surface area contributed by atoms with E-state index in [1.165, 1.54) is 0 Å². The van der Waals surface area contributed by atoms with Gasteiger partial charge in [-0.1, -0.05) is 17.3 Å². The van der Waals surface area contributed by atoms with Crippen LogP contribution in [0.5, 0.6) is 5.75 Å². The number of aliphatic carboxylic acids is 1. The Bertz CT molecular complexity index is 795. The number of amides is 1. The van der Waals surface area contributed by atoms with Crippen LogP contribution in [-0.2, 0) is 11.4 Å². The number of aryl methyl sites for hydroxylation is 2. The Balaban J connectivity index is 1.76. The number of ether oxygens (including phenoxy) is 1. The van der Waals surface area contributed by atoms with Crippen LogP contribution in [0.4, 0.5) is 0 Å². The van der Waals surface area contributed by atoms with Gasteiger partial charge in [-0.3, -0.25) is 9.59 Å². The van der Waals surface area contributed by atoms with E-state index in [-0.39, 0.29) is 19.1 Å². The molecule has 1 aromatic carbocycles. The van der Waals surface area contributed by atoms with Crippen LogP contribution < -0.4 is 4.74 Å². The lowest BCUT2D eigenvalue weighted by Gasteiger charge is -2.31. The Morgan fingerprint density at radius 3 is 2.81 bits per heavy atom. The molecule has 1 fully saturated rings. The maximum atomic E-state index is 12.9. The Hall–Kier alpha value is -2.83. The second-order valence-electron chi connectivity index (χ2n) is 6.52. The summed E-state index contributed by atoms with van der Waals surface area (Å²) in [6.45, 7) is 4.69. The van der Waals surface area contributed by atoms with E-state index in [0.717, 1.165) is 11.3 Å². The van der Waals surface area contributed by atoms with Gasteiger partial charge in [0, 0.05) is 13.1 Å². The molecule has 1 aliphatic heterocycles. The molecule has 2 heterocycles. The van der Waals surface area contributed by atoms with Gasteiger partial charge in [0.15, 0.2) is 0 Å². The Labute approximate surface area is 151 Å². The number of rotatable bonds is 5. The van der Waals surface area contributed by atoms with Crippen LogP contribution in [0.3, 0.4) is 0 Å². The lowest BCUT2D eigenvalue weighted by atomic mass is 9.97. The molecule has 0 bridgehead atoms. The number of aromatic nitrogens is 1. The van der Waals surface area contributed by atoms with Gasteiger partial charge in [0.1, 0.15) is 18.1 Å². The van der Waals surface area contributed by atoms with Gasteiger partial charge in [-0.25, -0.2) is 0 Å². The molecule has 0 saturated carbocycles. The average molecular weight is 358 g/mol. The summed E-state index contributed by atoms with van der Waals surface area (Å²) in [4.78, 5) is 25.7. The molecule has 1 amide bonds. The third-order valence-electron chi connectivity index (χ3n) is 4.73. The third-order valence-corrected chi connectivity index (χ3v) is 4.73.